The van der Waals surface area contributed by atoms with Gasteiger partial charge in [0.1, 0.15) is 0 Å². The standard InChI is InChI=1S/C31H58O5/c1-9-12-21-35-28(32)24(15-13-17-25(22-30(4,5)6)29(33)34-11-3)16-14-18-26(31(7,8)10-2)19-20-27-23-36-27/h24-27H,9-23H2,1-8H3. The highest BCUT2D eigenvalue weighted by atomic mass is 16.6. The summed E-state index contributed by atoms with van der Waals surface area (Å²) in [5.41, 5.74) is 0.356. The Hall–Kier alpha value is -1.10. The van der Waals surface area contributed by atoms with E-state index in [-0.39, 0.29) is 29.2 Å². The van der Waals surface area contributed by atoms with Crippen molar-refractivity contribution in [3.8, 4) is 0 Å². The Balaban J connectivity index is 2.72. The Kier molecular flexibility index (Phi) is 15.3. The van der Waals surface area contributed by atoms with Gasteiger partial charge in [-0.1, -0.05) is 74.1 Å². The summed E-state index contributed by atoms with van der Waals surface area (Å²) in [5.74, 6) is 0.296. The van der Waals surface area contributed by atoms with Crippen LogP contribution in [0.4, 0.5) is 0 Å². The van der Waals surface area contributed by atoms with Gasteiger partial charge in [-0.3, -0.25) is 9.59 Å². The zero-order chi connectivity index (χ0) is 27.2. The van der Waals surface area contributed by atoms with E-state index in [1.54, 1.807) is 0 Å². The molecule has 1 aliphatic rings. The van der Waals surface area contributed by atoms with Crippen molar-refractivity contribution >= 4 is 11.9 Å². The molecule has 1 fully saturated rings. The topological polar surface area (TPSA) is 65.1 Å². The Bertz CT molecular complexity index is 617. The predicted octanol–water partition coefficient (Wildman–Crippen LogP) is 8.13. The Morgan fingerprint density at radius 3 is 1.94 bits per heavy atom. The first-order valence-corrected chi connectivity index (χ1v) is 14.9. The van der Waals surface area contributed by atoms with Gasteiger partial charge in [0.05, 0.1) is 37.8 Å². The molecule has 5 heteroatoms. The average Bonchev–Trinajstić information content (AvgIpc) is 3.63. The first-order chi connectivity index (χ1) is 16.9. The first-order valence-electron chi connectivity index (χ1n) is 14.9. The molecule has 5 nitrogen and oxygen atoms in total. The third kappa shape index (κ3) is 14.0. The van der Waals surface area contributed by atoms with Crippen molar-refractivity contribution in [2.45, 2.75) is 139 Å². The summed E-state index contributed by atoms with van der Waals surface area (Å²) in [6.07, 6.45) is 12.1. The summed E-state index contributed by atoms with van der Waals surface area (Å²) in [5, 5.41) is 0. The molecule has 1 rings (SSSR count). The van der Waals surface area contributed by atoms with Gasteiger partial charge in [-0.25, -0.2) is 0 Å². The zero-order valence-electron chi connectivity index (χ0n) is 25.0. The van der Waals surface area contributed by atoms with Crippen molar-refractivity contribution in [1.82, 2.24) is 0 Å². The minimum Gasteiger partial charge on any atom is -0.466 e. The molecule has 0 aromatic heterocycles. The lowest BCUT2D eigenvalue weighted by Gasteiger charge is -2.34. The van der Waals surface area contributed by atoms with Gasteiger partial charge in [-0.05, 0) is 75.0 Å². The number of ether oxygens (including phenoxy) is 3. The smallest absolute Gasteiger partial charge is 0.308 e. The molecule has 0 aromatic carbocycles. The number of epoxide rings is 1. The van der Waals surface area contributed by atoms with Crippen molar-refractivity contribution in [2.75, 3.05) is 19.8 Å². The molecular formula is C31H58O5. The van der Waals surface area contributed by atoms with E-state index in [0.717, 1.165) is 77.2 Å². The summed E-state index contributed by atoms with van der Waals surface area (Å²) in [7, 11) is 0. The number of hydrogen-bond donors (Lipinski definition) is 0. The van der Waals surface area contributed by atoms with Crippen LogP contribution in [-0.2, 0) is 23.8 Å². The molecule has 0 bridgehead atoms. The maximum Gasteiger partial charge on any atom is 0.308 e. The molecule has 0 amide bonds. The SMILES string of the molecule is CCCCOC(=O)C(CCCC(CC(C)(C)C)C(=O)OCC)CCCC(CCC1CO1)C(C)(C)CC. The van der Waals surface area contributed by atoms with Crippen LogP contribution >= 0.6 is 0 Å². The van der Waals surface area contributed by atoms with Crippen molar-refractivity contribution in [3.05, 3.63) is 0 Å². The fourth-order valence-electron chi connectivity index (χ4n) is 5.18. The van der Waals surface area contributed by atoms with E-state index in [4.69, 9.17) is 14.2 Å². The van der Waals surface area contributed by atoms with Crippen molar-refractivity contribution in [2.24, 2.45) is 28.6 Å². The number of rotatable bonds is 20. The minimum absolute atomic E-state index is 0.0513. The lowest BCUT2D eigenvalue weighted by Crippen LogP contribution is -2.25. The number of carbonyl (C=O) groups excluding carboxylic acids is 2. The van der Waals surface area contributed by atoms with Gasteiger partial charge < -0.3 is 14.2 Å². The van der Waals surface area contributed by atoms with Crippen LogP contribution in [0, 0.1) is 28.6 Å². The molecule has 4 unspecified atom stereocenters. The molecule has 0 radical (unpaired) electrons. The van der Waals surface area contributed by atoms with E-state index in [1.165, 1.54) is 6.42 Å². The van der Waals surface area contributed by atoms with Gasteiger partial charge in [0, 0.05) is 0 Å². The van der Waals surface area contributed by atoms with E-state index in [9.17, 15) is 9.59 Å². The maximum atomic E-state index is 13.0. The Morgan fingerprint density at radius 2 is 1.42 bits per heavy atom. The van der Waals surface area contributed by atoms with Gasteiger partial charge in [0.25, 0.3) is 0 Å². The van der Waals surface area contributed by atoms with Crippen LogP contribution in [0.2, 0.25) is 0 Å². The lowest BCUT2D eigenvalue weighted by atomic mass is 9.71. The molecule has 36 heavy (non-hydrogen) atoms. The number of esters is 2. The second-order valence-corrected chi connectivity index (χ2v) is 12.9. The third-order valence-corrected chi connectivity index (χ3v) is 8.02. The maximum absolute atomic E-state index is 13.0. The summed E-state index contributed by atoms with van der Waals surface area (Å²) in [6, 6.07) is 0. The van der Waals surface area contributed by atoms with E-state index in [0.29, 0.717) is 30.7 Å². The van der Waals surface area contributed by atoms with Crippen LogP contribution < -0.4 is 0 Å². The molecule has 1 aliphatic heterocycles. The van der Waals surface area contributed by atoms with Crippen LogP contribution in [0.3, 0.4) is 0 Å². The second kappa shape index (κ2) is 16.7. The quantitative estimate of drug-likeness (QED) is 0.0939. The highest BCUT2D eigenvalue weighted by Crippen LogP contribution is 2.39. The summed E-state index contributed by atoms with van der Waals surface area (Å²) >= 11 is 0. The molecule has 0 aromatic rings. The molecular weight excluding hydrogens is 452 g/mol. The molecule has 0 N–H and O–H groups in total. The number of carbonyl (C=O) groups is 2. The predicted molar refractivity (Wildman–Crippen MR) is 148 cm³/mol. The molecule has 1 heterocycles. The largest absolute Gasteiger partial charge is 0.466 e. The van der Waals surface area contributed by atoms with E-state index >= 15 is 0 Å². The molecule has 1 saturated heterocycles. The minimum atomic E-state index is -0.110. The van der Waals surface area contributed by atoms with E-state index in [1.807, 2.05) is 6.92 Å². The van der Waals surface area contributed by atoms with Crippen LogP contribution in [-0.4, -0.2) is 37.9 Å². The number of unbranched alkanes of at least 4 members (excludes halogenated alkanes) is 1. The van der Waals surface area contributed by atoms with Crippen molar-refractivity contribution < 1.29 is 23.8 Å². The molecule has 0 spiro atoms. The fraction of sp³-hybridized carbons (Fsp3) is 0.935. The van der Waals surface area contributed by atoms with Crippen LogP contribution in [0.15, 0.2) is 0 Å². The van der Waals surface area contributed by atoms with Crippen molar-refractivity contribution in [1.29, 1.82) is 0 Å². The summed E-state index contributed by atoms with van der Waals surface area (Å²) in [4.78, 5) is 25.5. The zero-order valence-corrected chi connectivity index (χ0v) is 25.0. The van der Waals surface area contributed by atoms with Gasteiger partial charge in [0.15, 0.2) is 0 Å². The van der Waals surface area contributed by atoms with Gasteiger partial charge in [0.2, 0.25) is 0 Å². The average molecular weight is 511 g/mol. The summed E-state index contributed by atoms with van der Waals surface area (Å²) < 4.78 is 16.5. The van der Waals surface area contributed by atoms with Gasteiger partial charge >= 0.3 is 11.9 Å². The van der Waals surface area contributed by atoms with Gasteiger partial charge in [-0.2, -0.15) is 0 Å². The Morgan fingerprint density at radius 1 is 0.833 bits per heavy atom. The van der Waals surface area contributed by atoms with Crippen LogP contribution in [0.1, 0.15) is 132 Å². The fourth-order valence-corrected chi connectivity index (χ4v) is 5.18. The number of hydrogen-bond acceptors (Lipinski definition) is 5. The van der Waals surface area contributed by atoms with Crippen LogP contribution in [0.5, 0.6) is 0 Å². The van der Waals surface area contributed by atoms with E-state index in [2.05, 4.69) is 48.5 Å². The van der Waals surface area contributed by atoms with Gasteiger partial charge in [-0.15, -0.1) is 0 Å². The Labute approximate surface area is 222 Å². The first kappa shape index (κ1) is 32.9. The normalized spacial score (nSPS) is 18.4. The molecule has 0 saturated carbocycles. The highest BCUT2D eigenvalue weighted by Gasteiger charge is 2.32. The molecule has 4 atom stereocenters. The third-order valence-electron chi connectivity index (χ3n) is 8.02. The molecule has 0 aliphatic carbocycles. The van der Waals surface area contributed by atoms with Crippen molar-refractivity contribution in [3.63, 3.8) is 0 Å². The van der Waals surface area contributed by atoms with Crippen LogP contribution in [0.25, 0.3) is 0 Å². The van der Waals surface area contributed by atoms with E-state index < -0.39 is 0 Å². The molecule has 212 valence electrons. The highest BCUT2D eigenvalue weighted by molar-refractivity contribution is 5.73. The monoisotopic (exact) mass is 510 g/mol. The second-order valence-electron chi connectivity index (χ2n) is 12.9. The lowest BCUT2D eigenvalue weighted by molar-refractivity contribution is -0.149. The summed E-state index contributed by atoms with van der Waals surface area (Å²) in [6.45, 7) is 19.3.